The van der Waals surface area contributed by atoms with E-state index < -0.39 is 5.97 Å². The zero-order valence-electron chi connectivity index (χ0n) is 15.0. The van der Waals surface area contributed by atoms with Gasteiger partial charge in [0.15, 0.2) is 6.61 Å². The third kappa shape index (κ3) is 7.12. The van der Waals surface area contributed by atoms with Crippen LogP contribution < -0.4 is 10.1 Å². The second kappa shape index (κ2) is 10.8. The van der Waals surface area contributed by atoms with Gasteiger partial charge in [-0.2, -0.15) is 0 Å². The molecule has 0 bridgehead atoms. The maximum absolute atomic E-state index is 11.9. The summed E-state index contributed by atoms with van der Waals surface area (Å²) in [5.41, 5.74) is 1.75. The van der Waals surface area contributed by atoms with E-state index in [1.54, 1.807) is 18.2 Å². The average Bonchev–Trinajstić information content (AvgIpc) is 2.65. The molecule has 0 heterocycles. The smallest absolute Gasteiger partial charge is 0.306 e. The molecule has 5 nitrogen and oxygen atoms in total. The van der Waals surface area contributed by atoms with Gasteiger partial charge in [-0.05, 0) is 42.7 Å². The fourth-order valence-electron chi connectivity index (χ4n) is 2.35. The summed E-state index contributed by atoms with van der Waals surface area (Å²) in [5.74, 6) is -0.323. The minimum Gasteiger partial charge on any atom is -0.492 e. The largest absolute Gasteiger partial charge is 0.492 e. The zero-order valence-corrected chi connectivity index (χ0v) is 16.5. The maximum atomic E-state index is 11.9. The Morgan fingerprint density at radius 3 is 2.63 bits per heavy atom. The van der Waals surface area contributed by atoms with Crippen molar-refractivity contribution >= 4 is 40.8 Å². The van der Waals surface area contributed by atoms with Crippen molar-refractivity contribution in [3.63, 3.8) is 0 Å². The van der Waals surface area contributed by atoms with Gasteiger partial charge in [-0.1, -0.05) is 48.3 Å². The van der Waals surface area contributed by atoms with E-state index >= 15 is 0 Å². The first-order valence-electron chi connectivity index (χ1n) is 8.60. The predicted octanol–water partition coefficient (Wildman–Crippen LogP) is 4.90. The Bertz CT molecular complexity index is 795. The highest BCUT2D eigenvalue weighted by Gasteiger charge is 2.10. The molecular weight excluding hydrogens is 389 g/mol. The highest BCUT2D eigenvalue weighted by molar-refractivity contribution is 6.35. The van der Waals surface area contributed by atoms with Gasteiger partial charge in [-0.15, -0.1) is 0 Å². The van der Waals surface area contributed by atoms with E-state index in [4.69, 9.17) is 32.7 Å². The van der Waals surface area contributed by atoms with Crippen LogP contribution in [0.4, 0.5) is 5.69 Å². The van der Waals surface area contributed by atoms with Crippen molar-refractivity contribution in [1.82, 2.24) is 0 Å². The number of nitrogens with one attached hydrogen (secondary N) is 1. The molecule has 2 rings (SSSR count). The van der Waals surface area contributed by atoms with Gasteiger partial charge in [0.2, 0.25) is 0 Å². The number of para-hydroxylation sites is 1. The van der Waals surface area contributed by atoms with Crippen molar-refractivity contribution in [2.75, 3.05) is 18.5 Å². The molecule has 0 radical (unpaired) electrons. The van der Waals surface area contributed by atoms with Crippen LogP contribution in [0.5, 0.6) is 5.75 Å². The molecule has 0 fully saturated rings. The number of rotatable bonds is 9. The minimum absolute atomic E-state index is 0.143. The lowest BCUT2D eigenvalue weighted by Gasteiger charge is -2.10. The van der Waals surface area contributed by atoms with Crippen molar-refractivity contribution in [3.05, 3.63) is 58.1 Å². The summed E-state index contributed by atoms with van der Waals surface area (Å²) in [7, 11) is 0. The van der Waals surface area contributed by atoms with Gasteiger partial charge in [-0.25, -0.2) is 0 Å². The SMILES string of the molecule is CCc1ccccc1NC(=O)COC(=O)CCCOc1ccc(Cl)cc1Cl. The Hall–Kier alpha value is -2.24. The fourth-order valence-corrected chi connectivity index (χ4v) is 2.81. The molecule has 0 unspecified atom stereocenters. The normalized spacial score (nSPS) is 10.3. The van der Waals surface area contributed by atoms with E-state index in [9.17, 15) is 9.59 Å². The van der Waals surface area contributed by atoms with Gasteiger partial charge in [0.25, 0.3) is 5.91 Å². The number of aryl methyl sites for hydroxylation is 1. The van der Waals surface area contributed by atoms with E-state index in [1.807, 2.05) is 31.2 Å². The molecule has 0 aliphatic heterocycles. The lowest BCUT2D eigenvalue weighted by molar-refractivity contribution is -0.147. The van der Waals surface area contributed by atoms with Crippen LogP contribution in [-0.4, -0.2) is 25.1 Å². The second-order valence-electron chi connectivity index (χ2n) is 5.75. The number of hydrogen-bond acceptors (Lipinski definition) is 4. The molecule has 2 aromatic carbocycles. The lowest BCUT2D eigenvalue weighted by Crippen LogP contribution is -2.21. The number of benzene rings is 2. The molecular formula is C20H21Cl2NO4. The van der Waals surface area contributed by atoms with E-state index in [1.165, 1.54) is 0 Å². The average molecular weight is 410 g/mol. The third-order valence-electron chi connectivity index (χ3n) is 3.71. The third-order valence-corrected chi connectivity index (χ3v) is 4.24. The van der Waals surface area contributed by atoms with Gasteiger partial charge < -0.3 is 14.8 Å². The van der Waals surface area contributed by atoms with Crippen molar-refractivity contribution < 1.29 is 19.1 Å². The van der Waals surface area contributed by atoms with Crippen LogP contribution in [0, 0.1) is 0 Å². The predicted molar refractivity (Wildman–Crippen MR) is 107 cm³/mol. The summed E-state index contributed by atoms with van der Waals surface area (Å²) in [5, 5.41) is 3.69. The number of halogens is 2. The van der Waals surface area contributed by atoms with Crippen molar-refractivity contribution in [2.45, 2.75) is 26.2 Å². The molecule has 0 saturated carbocycles. The number of hydrogen-bond donors (Lipinski definition) is 1. The van der Waals surface area contributed by atoms with E-state index in [2.05, 4.69) is 5.32 Å². The van der Waals surface area contributed by atoms with Crippen LogP contribution in [0.3, 0.4) is 0 Å². The Balaban J connectivity index is 1.66. The lowest BCUT2D eigenvalue weighted by atomic mass is 10.1. The van der Waals surface area contributed by atoms with Crippen LogP contribution >= 0.6 is 23.2 Å². The summed E-state index contributed by atoms with van der Waals surface area (Å²) in [6, 6.07) is 12.4. The molecule has 0 aromatic heterocycles. The Kier molecular flexibility index (Phi) is 8.43. The van der Waals surface area contributed by atoms with Crippen LogP contribution in [-0.2, 0) is 20.7 Å². The van der Waals surface area contributed by atoms with Crippen LogP contribution in [0.15, 0.2) is 42.5 Å². The highest BCUT2D eigenvalue weighted by Crippen LogP contribution is 2.27. The van der Waals surface area contributed by atoms with Gasteiger partial charge in [-0.3, -0.25) is 9.59 Å². The van der Waals surface area contributed by atoms with Gasteiger partial charge in [0, 0.05) is 17.1 Å². The number of ether oxygens (including phenoxy) is 2. The van der Waals surface area contributed by atoms with Crippen molar-refractivity contribution in [3.8, 4) is 5.75 Å². The van der Waals surface area contributed by atoms with Crippen molar-refractivity contribution in [2.24, 2.45) is 0 Å². The Morgan fingerprint density at radius 1 is 1.11 bits per heavy atom. The van der Waals surface area contributed by atoms with E-state index in [0.717, 1.165) is 17.7 Å². The Morgan fingerprint density at radius 2 is 1.89 bits per heavy atom. The van der Waals surface area contributed by atoms with E-state index in [-0.39, 0.29) is 18.9 Å². The van der Waals surface area contributed by atoms with Gasteiger partial charge in [0.05, 0.1) is 11.6 Å². The highest BCUT2D eigenvalue weighted by atomic mass is 35.5. The van der Waals surface area contributed by atoms with Crippen LogP contribution in [0.1, 0.15) is 25.3 Å². The summed E-state index contributed by atoms with van der Waals surface area (Å²) < 4.78 is 10.5. The number of carbonyl (C=O) groups is 2. The minimum atomic E-state index is -0.459. The molecule has 7 heteroatoms. The Labute approximate surface area is 168 Å². The van der Waals surface area contributed by atoms with Gasteiger partial charge in [0.1, 0.15) is 5.75 Å². The molecule has 144 valence electrons. The monoisotopic (exact) mass is 409 g/mol. The molecule has 1 amide bonds. The first kappa shape index (κ1) is 21.1. The molecule has 1 N–H and O–H groups in total. The number of amides is 1. The molecule has 0 aliphatic carbocycles. The summed E-state index contributed by atoms with van der Waals surface area (Å²) in [6.07, 6.45) is 1.38. The quantitative estimate of drug-likeness (QED) is 0.472. The molecule has 0 aliphatic rings. The summed E-state index contributed by atoms with van der Waals surface area (Å²) in [4.78, 5) is 23.7. The first-order valence-corrected chi connectivity index (χ1v) is 9.36. The molecule has 2 aromatic rings. The van der Waals surface area contributed by atoms with E-state index in [0.29, 0.717) is 28.8 Å². The molecule has 0 atom stereocenters. The van der Waals surface area contributed by atoms with Crippen molar-refractivity contribution in [1.29, 1.82) is 0 Å². The summed E-state index contributed by atoms with van der Waals surface area (Å²) in [6.45, 7) is 1.98. The number of carbonyl (C=O) groups excluding carboxylic acids is 2. The standard InChI is InChI=1S/C20H21Cl2NO4/c1-2-14-6-3-4-7-17(14)23-19(24)13-27-20(25)8-5-11-26-18-10-9-15(21)12-16(18)22/h3-4,6-7,9-10,12H,2,5,8,11,13H2,1H3,(H,23,24). The van der Waals surface area contributed by atoms with Crippen LogP contribution in [0.25, 0.3) is 0 Å². The second-order valence-corrected chi connectivity index (χ2v) is 6.59. The summed E-state index contributed by atoms with van der Waals surface area (Å²) >= 11 is 11.8. The molecule has 27 heavy (non-hydrogen) atoms. The van der Waals surface area contributed by atoms with Crippen LogP contribution in [0.2, 0.25) is 10.0 Å². The topological polar surface area (TPSA) is 64.6 Å². The number of esters is 1. The maximum Gasteiger partial charge on any atom is 0.306 e. The van der Waals surface area contributed by atoms with Gasteiger partial charge >= 0.3 is 5.97 Å². The first-order chi connectivity index (χ1) is 13.0. The fraction of sp³-hybridized carbons (Fsp3) is 0.300. The molecule has 0 spiro atoms. The molecule has 0 saturated heterocycles. The zero-order chi connectivity index (χ0) is 19.6. The number of anilines is 1.